The van der Waals surface area contributed by atoms with Gasteiger partial charge in [-0.05, 0) is 50.1 Å². The number of fused-ring (bicyclic) bond motifs is 1. The van der Waals surface area contributed by atoms with E-state index in [1.54, 1.807) is 18.2 Å². The summed E-state index contributed by atoms with van der Waals surface area (Å²) in [4.78, 5) is 13.2. The number of rotatable bonds is 6. The Kier molecular flexibility index (Phi) is 5.55. The number of benzene rings is 1. The molecule has 0 aliphatic carbocycles. The monoisotopic (exact) mass is 382 g/mol. The molecule has 144 valence electrons. The van der Waals surface area contributed by atoms with E-state index in [0.717, 1.165) is 17.7 Å². The lowest BCUT2D eigenvalue weighted by Crippen LogP contribution is -2.48. The fourth-order valence-corrected chi connectivity index (χ4v) is 5.35. The van der Waals surface area contributed by atoms with Crippen molar-refractivity contribution in [3.8, 4) is 5.75 Å². The zero-order valence-corrected chi connectivity index (χ0v) is 16.0. The number of sulfonamides is 1. The Labute approximate surface area is 154 Å². The zero-order valence-electron chi connectivity index (χ0n) is 15.2. The number of hydrogen-bond acceptors (Lipinski definition) is 5. The normalized spacial score (nSPS) is 21.6. The van der Waals surface area contributed by atoms with Crippen LogP contribution in [0.4, 0.5) is 0 Å². The molecule has 0 unspecified atom stereocenters. The summed E-state index contributed by atoms with van der Waals surface area (Å²) in [5.41, 5.74) is 0.937. The van der Waals surface area contributed by atoms with E-state index in [1.807, 2.05) is 18.7 Å². The van der Waals surface area contributed by atoms with Gasteiger partial charge < -0.3 is 9.84 Å². The van der Waals surface area contributed by atoms with Crippen LogP contribution in [0.15, 0.2) is 23.1 Å². The molecule has 8 heteroatoms. The summed E-state index contributed by atoms with van der Waals surface area (Å²) in [6.07, 6.45) is 2.09. The second-order valence-corrected chi connectivity index (χ2v) is 8.93. The van der Waals surface area contributed by atoms with Gasteiger partial charge in [0.15, 0.2) is 0 Å². The second-order valence-electron chi connectivity index (χ2n) is 6.99. The molecule has 0 aromatic heterocycles. The van der Waals surface area contributed by atoms with Crippen LogP contribution in [-0.4, -0.2) is 67.0 Å². The average molecular weight is 382 g/mol. The smallest absolute Gasteiger partial charge is 0.317 e. The number of hydrogen-bond donors (Lipinski definition) is 1. The van der Waals surface area contributed by atoms with Gasteiger partial charge in [-0.2, -0.15) is 4.31 Å². The molecule has 3 rings (SSSR count). The molecule has 7 nitrogen and oxygen atoms in total. The van der Waals surface area contributed by atoms with Crippen molar-refractivity contribution in [3.05, 3.63) is 23.8 Å². The maximum absolute atomic E-state index is 13.0. The lowest BCUT2D eigenvalue weighted by molar-refractivity contribution is -0.139. The molecule has 0 amide bonds. The van der Waals surface area contributed by atoms with Crippen LogP contribution >= 0.6 is 0 Å². The van der Waals surface area contributed by atoms with Gasteiger partial charge in [-0.15, -0.1) is 0 Å². The van der Waals surface area contributed by atoms with Crippen molar-refractivity contribution in [1.82, 2.24) is 9.21 Å². The van der Waals surface area contributed by atoms with Gasteiger partial charge in [0.2, 0.25) is 10.0 Å². The molecule has 1 aromatic carbocycles. The largest absolute Gasteiger partial charge is 0.490 e. The van der Waals surface area contributed by atoms with Crippen molar-refractivity contribution >= 4 is 16.0 Å². The molecule has 2 aliphatic rings. The maximum Gasteiger partial charge on any atom is 0.317 e. The van der Waals surface area contributed by atoms with Crippen LogP contribution in [0, 0.1) is 0 Å². The van der Waals surface area contributed by atoms with Crippen molar-refractivity contribution in [3.63, 3.8) is 0 Å². The molecule has 1 N–H and O–H groups in total. The van der Waals surface area contributed by atoms with Gasteiger partial charge in [-0.1, -0.05) is 6.92 Å². The Hall–Kier alpha value is -1.64. The predicted molar refractivity (Wildman–Crippen MR) is 96.9 cm³/mol. The molecule has 2 aliphatic heterocycles. The molecule has 1 saturated heterocycles. The number of nitrogens with zero attached hydrogens (tertiary/aromatic N) is 2. The first-order valence-corrected chi connectivity index (χ1v) is 10.5. The number of ether oxygens (including phenoxy) is 1. The molecule has 0 bridgehead atoms. The first kappa shape index (κ1) is 19.1. The minimum absolute atomic E-state index is 0.00305. The predicted octanol–water partition coefficient (Wildman–Crippen LogP) is 1.57. The van der Waals surface area contributed by atoms with Gasteiger partial charge in [0, 0.05) is 25.6 Å². The van der Waals surface area contributed by atoms with E-state index >= 15 is 0 Å². The molecule has 2 heterocycles. The summed E-state index contributed by atoms with van der Waals surface area (Å²) in [5, 5.41) is 9.01. The summed E-state index contributed by atoms with van der Waals surface area (Å²) in [7, 11) is -3.54. The maximum atomic E-state index is 13.0. The summed E-state index contributed by atoms with van der Waals surface area (Å²) in [6, 6.07) is 5.19. The van der Waals surface area contributed by atoms with Crippen LogP contribution < -0.4 is 4.74 Å². The standard InChI is InChI=1S/C18H26N2O5S/c1-3-19(12-18(21)22)15-6-8-20(9-7-15)26(23,24)16-4-5-17-14(11-16)10-13(2)25-17/h4-5,11,13,15H,3,6-10,12H2,1-2H3,(H,21,22)/t13-/m0/s1. The van der Waals surface area contributed by atoms with E-state index in [1.165, 1.54) is 4.31 Å². The lowest BCUT2D eigenvalue weighted by atomic mass is 10.0. The third-order valence-corrected chi connectivity index (χ3v) is 7.08. The number of carbonyl (C=O) groups is 1. The highest BCUT2D eigenvalue weighted by Crippen LogP contribution is 2.32. The van der Waals surface area contributed by atoms with Gasteiger partial charge in [-0.25, -0.2) is 8.42 Å². The molecule has 26 heavy (non-hydrogen) atoms. The molecule has 0 saturated carbocycles. The minimum Gasteiger partial charge on any atom is -0.490 e. The van der Waals surface area contributed by atoms with Crippen LogP contribution in [0.5, 0.6) is 5.75 Å². The molecule has 1 atom stereocenters. The van der Waals surface area contributed by atoms with E-state index in [0.29, 0.717) is 37.4 Å². The highest BCUT2D eigenvalue weighted by atomic mass is 32.2. The van der Waals surface area contributed by atoms with Crippen LogP contribution in [0.3, 0.4) is 0 Å². The SMILES string of the molecule is CCN(CC(=O)O)C1CCN(S(=O)(=O)c2ccc3c(c2)C[C@H](C)O3)CC1. The van der Waals surface area contributed by atoms with Gasteiger partial charge >= 0.3 is 5.97 Å². The fraction of sp³-hybridized carbons (Fsp3) is 0.611. The molecule has 0 spiro atoms. The van der Waals surface area contributed by atoms with Crippen molar-refractivity contribution in [1.29, 1.82) is 0 Å². The Morgan fingerprint density at radius 1 is 1.35 bits per heavy atom. The molecular weight excluding hydrogens is 356 g/mol. The first-order chi connectivity index (χ1) is 12.3. The van der Waals surface area contributed by atoms with Gasteiger partial charge in [0.1, 0.15) is 11.9 Å². The van der Waals surface area contributed by atoms with Crippen molar-refractivity contribution in [2.75, 3.05) is 26.2 Å². The van der Waals surface area contributed by atoms with Gasteiger partial charge in [-0.3, -0.25) is 9.69 Å². The van der Waals surface area contributed by atoms with E-state index in [-0.39, 0.29) is 18.7 Å². The number of likely N-dealkylation sites (N-methyl/N-ethyl adjacent to an activating group) is 1. The number of piperidine rings is 1. The van der Waals surface area contributed by atoms with Crippen molar-refractivity contribution in [2.24, 2.45) is 0 Å². The average Bonchev–Trinajstić information content (AvgIpc) is 2.98. The fourth-order valence-electron chi connectivity index (χ4n) is 3.83. The van der Waals surface area contributed by atoms with Crippen molar-refractivity contribution in [2.45, 2.75) is 50.2 Å². The third-order valence-electron chi connectivity index (χ3n) is 5.19. The van der Waals surface area contributed by atoms with Gasteiger partial charge in [0.05, 0.1) is 11.4 Å². The summed E-state index contributed by atoms with van der Waals surface area (Å²) >= 11 is 0. The van der Waals surface area contributed by atoms with E-state index < -0.39 is 16.0 Å². The number of carboxylic acids is 1. The Balaban J connectivity index is 1.69. The Bertz CT molecular complexity index is 772. The quantitative estimate of drug-likeness (QED) is 0.804. The van der Waals surface area contributed by atoms with Crippen LogP contribution in [-0.2, 0) is 21.2 Å². The second kappa shape index (κ2) is 7.54. The highest BCUT2D eigenvalue weighted by molar-refractivity contribution is 7.89. The molecule has 0 radical (unpaired) electrons. The zero-order chi connectivity index (χ0) is 18.9. The lowest BCUT2D eigenvalue weighted by Gasteiger charge is -2.36. The summed E-state index contributed by atoms with van der Waals surface area (Å²) in [5.74, 6) is -0.0843. The highest BCUT2D eigenvalue weighted by Gasteiger charge is 2.32. The Morgan fingerprint density at radius 2 is 2.04 bits per heavy atom. The first-order valence-electron chi connectivity index (χ1n) is 9.07. The summed E-state index contributed by atoms with van der Waals surface area (Å²) in [6.45, 7) is 5.36. The minimum atomic E-state index is -3.54. The number of carboxylic acid groups (broad SMARTS) is 1. The van der Waals surface area contributed by atoms with E-state index in [2.05, 4.69) is 0 Å². The topological polar surface area (TPSA) is 87.2 Å². The van der Waals surface area contributed by atoms with E-state index in [4.69, 9.17) is 9.84 Å². The van der Waals surface area contributed by atoms with Crippen LogP contribution in [0.25, 0.3) is 0 Å². The third kappa shape index (κ3) is 3.87. The molecule has 1 aromatic rings. The number of aliphatic carboxylic acids is 1. The van der Waals surface area contributed by atoms with Crippen LogP contribution in [0.2, 0.25) is 0 Å². The molecular formula is C18H26N2O5S. The van der Waals surface area contributed by atoms with Gasteiger partial charge in [0.25, 0.3) is 0 Å². The van der Waals surface area contributed by atoms with Crippen LogP contribution in [0.1, 0.15) is 32.3 Å². The summed E-state index contributed by atoms with van der Waals surface area (Å²) < 4.78 is 33.1. The van der Waals surface area contributed by atoms with Crippen molar-refractivity contribution < 1.29 is 23.1 Å². The van der Waals surface area contributed by atoms with E-state index in [9.17, 15) is 13.2 Å². The Morgan fingerprint density at radius 3 is 2.65 bits per heavy atom. The molecule has 1 fully saturated rings.